The molecule has 0 heterocycles. The zero-order valence-electron chi connectivity index (χ0n) is 10.1. The van der Waals surface area contributed by atoms with Crippen molar-refractivity contribution in [3.05, 3.63) is 53.6 Å². The second-order valence-electron chi connectivity index (χ2n) is 3.80. The Morgan fingerprint density at radius 3 is 2.26 bits per heavy atom. The summed E-state index contributed by atoms with van der Waals surface area (Å²) in [5.74, 6) is -1.18. The summed E-state index contributed by atoms with van der Waals surface area (Å²) < 4.78 is 37.6. The van der Waals surface area contributed by atoms with Gasteiger partial charge < -0.3 is 9.47 Å². The van der Waals surface area contributed by atoms with Crippen molar-refractivity contribution >= 4 is 11.6 Å². The molecule has 2 nitrogen and oxygen atoms in total. The first-order valence-corrected chi connectivity index (χ1v) is 6.03. The SMILES string of the molecule is COc1cccc(Oc2c(F)cc(CCl)cc2F)c1. The average molecular weight is 285 g/mol. The Bertz CT molecular complexity index is 564. The Balaban J connectivity index is 2.32. The molecule has 2 rings (SSSR count). The lowest BCUT2D eigenvalue weighted by Gasteiger charge is -2.10. The first kappa shape index (κ1) is 13.6. The second kappa shape index (κ2) is 5.89. The molecular weight excluding hydrogens is 274 g/mol. The highest BCUT2D eigenvalue weighted by Crippen LogP contribution is 2.30. The molecule has 100 valence electrons. The number of alkyl halides is 1. The minimum atomic E-state index is -0.793. The maximum Gasteiger partial charge on any atom is 0.198 e. The van der Waals surface area contributed by atoms with Gasteiger partial charge >= 0.3 is 0 Å². The van der Waals surface area contributed by atoms with E-state index in [1.54, 1.807) is 18.2 Å². The maximum absolute atomic E-state index is 13.7. The van der Waals surface area contributed by atoms with Gasteiger partial charge in [-0.15, -0.1) is 11.6 Å². The molecule has 0 aliphatic rings. The van der Waals surface area contributed by atoms with Crippen LogP contribution in [0.4, 0.5) is 8.78 Å². The number of halogens is 3. The first-order chi connectivity index (χ1) is 9.13. The molecule has 0 aliphatic carbocycles. The third kappa shape index (κ3) is 3.15. The number of hydrogen-bond donors (Lipinski definition) is 0. The van der Waals surface area contributed by atoms with Gasteiger partial charge in [0.1, 0.15) is 11.5 Å². The second-order valence-corrected chi connectivity index (χ2v) is 4.07. The van der Waals surface area contributed by atoms with Crippen molar-refractivity contribution < 1.29 is 18.3 Å². The predicted molar refractivity (Wildman–Crippen MR) is 69.0 cm³/mol. The van der Waals surface area contributed by atoms with E-state index in [4.69, 9.17) is 21.1 Å². The van der Waals surface area contributed by atoms with Crippen LogP contribution in [0.2, 0.25) is 0 Å². The summed E-state index contributed by atoms with van der Waals surface area (Å²) in [7, 11) is 1.50. The van der Waals surface area contributed by atoms with Gasteiger partial charge in [0.05, 0.1) is 7.11 Å². The zero-order chi connectivity index (χ0) is 13.8. The Morgan fingerprint density at radius 2 is 1.68 bits per heavy atom. The molecule has 0 spiro atoms. The molecule has 0 atom stereocenters. The lowest BCUT2D eigenvalue weighted by molar-refractivity contribution is 0.393. The maximum atomic E-state index is 13.7. The highest BCUT2D eigenvalue weighted by Gasteiger charge is 2.13. The fourth-order valence-electron chi connectivity index (χ4n) is 1.57. The zero-order valence-corrected chi connectivity index (χ0v) is 10.9. The molecule has 19 heavy (non-hydrogen) atoms. The van der Waals surface area contributed by atoms with E-state index < -0.39 is 17.4 Å². The number of hydrogen-bond acceptors (Lipinski definition) is 2. The summed E-state index contributed by atoms with van der Waals surface area (Å²) in [5, 5.41) is 0. The van der Waals surface area contributed by atoms with Crippen LogP contribution in [0, 0.1) is 11.6 Å². The van der Waals surface area contributed by atoms with Gasteiger partial charge in [-0.2, -0.15) is 0 Å². The molecule has 0 aliphatic heterocycles. The molecule has 0 fully saturated rings. The number of rotatable bonds is 4. The van der Waals surface area contributed by atoms with Crippen molar-refractivity contribution in [1.82, 2.24) is 0 Å². The van der Waals surface area contributed by atoms with Crippen LogP contribution in [0.3, 0.4) is 0 Å². The minimum Gasteiger partial charge on any atom is -0.497 e. The third-order valence-corrected chi connectivity index (χ3v) is 2.78. The highest BCUT2D eigenvalue weighted by molar-refractivity contribution is 6.17. The van der Waals surface area contributed by atoms with E-state index in [1.165, 1.54) is 13.2 Å². The largest absolute Gasteiger partial charge is 0.497 e. The van der Waals surface area contributed by atoms with E-state index in [1.807, 2.05) is 0 Å². The predicted octanol–water partition coefficient (Wildman–Crippen LogP) is 4.50. The highest BCUT2D eigenvalue weighted by atomic mass is 35.5. The van der Waals surface area contributed by atoms with Gasteiger partial charge in [0.25, 0.3) is 0 Å². The lowest BCUT2D eigenvalue weighted by atomic mass is 10.2. The van der Waals surface area contributed by atoms with Gasteiger partial charge in [-0.05, 0) is 29.8 Å². The van der Waals surface area contributed by atoms with Gasteiger partial charge in [0, 0.05) is 11.9 Å². The molecule has 2 aromatic carbocycles. The number of benzene rings is 2. The molecule has 5 heteroatoms. The first-order valence-electron chi connectivity index (χ1n) is 5.50. The van der Waals surface area contributed by atoms with Crippen molar-refractivity contribution in [3.63, 3.8) is 0 Å². The molecule has 0 N–H and O–H groups in total. The quantitative estimate of drug-likeness (QED) is 0.769. The van der Waals surface area contributed by atoms with Crippen LogP contribution < -0.4 is 9.47 Å². The van der Waals surface area contributed by atoms with Crippen LogP contribution in [0.1, 0.15) is 5.56 Å². The van der Waals surface area contributed by atoms with Gasteiger partial charge in [0.15, 0.2) is 17.4 Å². The Morgan fingerprint density at radius 1 is 1.05 bits per heavy atom. The summed E-state index contributed by atoms with van der Waals surface area (Å²) in [6, 6.07) is 8.77. The van der Waals surface area contributed by atoms with Gasteiger partial charge in [-0.3, -0.25) is 0 Å². The summed E-state index contributed by atoms with van der Waals surface area (Å²) in [6.07, 6.45) is 0. The van der Waals surface area contributed by atoms with Crippen LogP contribution in [0.25, 0.3) is 0 Å². The summed E-state index contributed by atoms with van der Waals surface area (Å²) in [6.45, 7) is 0. The summed E-state index contributed by atoms with van der Waals surface area (Å²) >= 11 is 5.53. The van der Waals surface area contributed by atoms with E-state index in [0.29, 0.717) is 11.3 Å². The minimum absolute atomic E-state index is 0.0350. The Hall–Kier alpha value is -1.81. The molecule has 0 saturated carbocycles. The van der Waals surface area contributed by atoms with Crippen molar-refractivity contribution in [1.29, 1.82) is 0 Å². The van der Waals surface area contributed by atoms with Gasteiger partial charge in [-0.25, -0.2) is 8.78 Å². The molecule has 2 aromatic rings. The monoisotopic (exact) mass is 284 g/mol. The molecule has 0 aromatic heterocycles. The molecular formula is C14H11ClF2O2. The molecule has 0 amide bonds. The van der Waals surface area contributed by atoms with E-state index >= 15 is 0 Å². The van der Waals surface area contributed by atoms with E-state index in [2.05, 4.69) is 0 Å². The topological polar surface area (TPSA) is 18.5 Å². The number of methoxy groups -OCH3 is 1. The standard InChI is InChI=1S/C14H11ClF2O2/c1-18-10-3-2-4-11(7-10)19-14-12(16)5-9(8-15)6-13(14)17/h2-7H,8H2,1H3. The van der Waals surface area contributed by atoms with Crippen molar-refractivity contribution in [2.24, 2.45) is 0 Å². The summed E-state index contributed by atoms with van der Waals surface area (Å²) in [5.41, 5.74) is 0.356. The van der Waals surface area contributed by atoms with E-state index in [-0.39, 0.29) is 11.6 Å². The normalized spacial score (nSPS) is 10.3. The van der Waals surface area contributed by atoms with Gasteiger partial charge in [0.2, 0.25) is 0 Å². The van der Waals surface area contributed by atoms with Crippen LogP contribution in [0.5, 0.6) is 17.2 Å². The average Bonchev–Trinajstić information content (AvgIpc) is 2.42. The van der Waals surface area contributed by atoms with Gasteiger partial charge in [-0.1, -0.05) is 6.07 Å². The van der Waals surface area contributed by atoms with Crippen LogP contribution in [-0.2, 0) is 5.88 Å². The smallest absolute Gasteiger partial charge is 0.198 e. The van der Waals surface area contributed by atoms with E-state index in [9.17, 15) is 8.78 Å². The summed E-state index contributed by atoms with van der Waals surface area (Å²) in [4.78, 5) is 0. The molecule has 0 saturated heterocycles. The van der Waals surface area contributed by atoms with Crippen molar-refractivity contribution in [3.8, 4) is 17.2 Å². The number of ether oxygens (including phenoxy) is 2. The lowest BCUT2D eigenvalue weighted by Crippen LogP contribution is -1.95. The van der Waals surface area contributed by atoms with Crippen molar-refractivity contribution in [2.45, 2.75) is 5.88 Å². The van der Waals surface area contributed by atoms with Crippen LogP contribution in [-0.4, -0.2) is 7.11 Å². The third-order valence-electron chi connectivity index (χ3n) is 2.47. The fourth-order valence-corrected chi connectivity index (χ4v) is 1.72. The molecule has 0 radical (unpaired) electrons. The van der Waals surface area contributed by atoms with Crippen LogP contribution >= 0.6 is 11.6 Å². The Kier molecular flexibility index (Phi) is 4.22. The van der Waals surface area contributed by atoms with Crippen molar-refractivity contribution in [2.75, 3.05) is 7.11 Å². The fraction of sp³-hybridized carbons (Fsp3) is 0.143. The molecule has 0 bridgehead atoms. The Labute approximate surface area is 114 Å². The molecule has 0 unspecified atom stereocenters. The van der Waals surface area contributed by atoms with E-state index in [0.717, 1.165) is 12.1 Å². The van der Waals surface area contributed by atoms with Crippen LogP contribution in [0.15, 0.2) is 36.4 Å².